The molecule has 0 aliphatic rings. The number of nitrogens with zero attached hydrogens (tertiary/aromatic N) is 1. The Balaban J connectivity index is 2.95. The zero-order valence-electron chi connectivity index (χ0n) is 8.53. The van der Waals surface area contributed by atoms with Gasteiger partial charge in [-0.1, -0.05) is 0 Å². The number of anilines is 2. The Morgan fingerprint density at radius 2 is 2.13 bits per heavy atom. The molecule has 0 radical (unpaired) electrons. The summed E-state index contributed by atoms with van der Waals surface area (Å²) in [6.45, 7) is 2.47. The number of hydrogen-bond acceptors (Lipinski definition) is 3. The van der Waals surface area contributed by atoms with Crippen LogP contribution in [0.3, 0.4) is 0 Å². The number of nitrogens with two attached hydrogens (primary N) is 2. The van der Waals surface area contributed by atoms with Crippen LogP contribution >= 0.6 is 0 Å². The molecule has 0 fully saturated rings. The number of carbonyl (C=O) groups excluding carboxylic acids is 1. The fourth-order valence-electron chi connectivity index (χ4n) is 1.35. The molecule has 1 amide bonds. The predicted octanol–water partition coefficient (Wildman–Crippen LogP) is 0.720. The molecule has 1 aromatic rings. The van der Waals surface area contributed by atoms with Crippen molar-refractivity contribution in [3.8, 4) is 0 Å². The normalized spacial score (nSPS) is 10.0. The SMILES string of the molecule is CCN(CC(N)=O)c1cc(N)cc(F)c1. The smallest absolute Gasteiger partial charge is 0.236 e. The van der Waals surface area contributed by atoms with Gasteiger partial charge in [-0.2, -0.15) is 0 Å². The van der Waals surface area contributed by atoms with E-state index in [1.165, 1.54) is 12.1 Å². The molecular weight excluding hydrogens is 197 g/mol. The summed E-state index contributed by atoms with van der Waals surface area (Å²) in [5.74, 6) is -0.882. The van der Waals surface area contributed by atoms with Crippen molar-refractivity contribution in [3.05, 3.63) is 24.0 Å². The maximum Gasteiger partial charge on any atom is 0.236 e. The van der Waals surface area contributed by atoms with Crippen LogP contribution in [0.5, 0.6) is 0 Å². The van der Waals surface area contributed by atoms with Crippen LogP contribution in [0.1, 0.15) is 6.92 Å². The van der Waals surface area contributed by atoms with Gasteiger partial charge in [0.2, 0.25) is 5.91 Å². The van der Waals surface area contributed by atoms with Crippen molar-refractivity contribution in [1.82, 2.24) is 0 Å². The Labute approximate surface area is 87.7 Å². The maximum absolute atomic E-state index is 13.0. The average molecular weight is 211 g/mol. The van der Waals surface area contributed by atoms with E-state index in [0.717, 1.165) is 0 Å². The molecule has 5 heteroatoms. The van der Waals surface area contributed by atoms with Crippen molar-refractivity contribution < 1.29 is 9.18 Å². The molecule has 1 rings (SSSR count). The topological polar surface area (TPSA) is 72.3 Å². The molecule has 4 N–H and O–H groups in total. The highest BCUT2D eigenvalue weighted by Gasteiger charge is 2.08. The zero-order valence-corrected chi connectivity index (χ0v) is 8.53. The third-order valence-electron chi connectivity index (χ3n) is 2.00. The van der Waals surface area contributed by atoms with Gasteiger partial charge >= 0.3 is 0 Å². The number of amides is 1. The van der Waals surface area contributed by atoms with E-state index < -0.39 is 11.7 Å². The van der Waals surface area contributed by atoms with Gasteiger partial charge in [-0.15, -0.1) is 0 Å². The lowest BCUT2D eigenvalue weighted by Gasteiger charge is -2.21. The minimum Gasteiger partial charge on any atom is -0.399 e. The largest absolute Gasteiger partial charge is 0.399 e. The number of likely N-dealkylation sites (N-methyl/N-ethyl adjacent to an activating group) is 1. The van der Waals surface area contributed by atoms with Crippen LogP contribution in [-0.4, -0.2) is 19.0 Å². The highest BCUT2D eigenvalue weighted by Crippen LogP contribution is 2.19. The summed E-state index contributed by atoms with van der Waals surface area (Å²) in [6, 6.07) is 4.15. The fourth-order valence-corrected chi connectivity index (χ4v) is 1.35. The summed E-state index contributed by atoms with van der Waals surface area (Å²) in [6.07, 6.45) is 0. The van der Waals surface area contributed by atoms with Gasteiger partial charge in [0.1, 0.15) is 5.82 Å². The van der Waals surface area contributed by atoms with Crippen molar-refractivity contribution in [2.45, 2.75) is 6.92 Å². The molecular formula is C10H14FN3O. The summed E-state index contributed by atoms with van der Waals surface area (Å²) in [7, 11) is 0. The molecule has 0 aromatic heterocycles. The Morgan fingerprint density at radius 3 is 2.60 bits per heavy atom. The van der Waals surface area contributed by atoms with E-state index in [-0.39, 0.29) is 6.54 Å². The minimum atomic E-state index is -0.459. The number of hydrogen-bond donors (Lipinski definition) is 2. The molecule has 0 saturated carbocycles. The first kappa shape index (κ1) is 11.3. The molecule has 0 aliphatic carbocycles. The lowest BCUT2D eigenvalue weighted by atomic mass is 10.2. The van der Waals surface area contributed by atoms with E-state index in [1.807, 2.05) is 6.92 Å². The fraction of sp³-hybridized carbons (Fsp3) is 0.300. The van der Waals surface area contributed by atoms with Gasteiger partial charge in [0.15, 0.2) is 0 Å². The second kappa shape index (κ2) is 4.63. The molecule has 0 bridgehead atoms. The van der Waals surface area contributed by atoms with Crippen LogP contribution in [0, 0.1) is 5.82 Å². The number of halogens is 1. The van der Waals surface area contributed by atoms with Gasteiger partial charge in [0, 0.05) is 17.9 Å². The number of benzene rings is 1. The highest BCUT2D eigenvalue weighted by molar-refractivity contribution is 5.79. The standard InChI is InChI=1S/C10H14FN3O/c1-2-14(6-10(13)15)9-4-7(11)3-8(12)5-9/h3-5H,2,6,12H2,1H3,(H2,13,15). The first-order chi connectivity index (χ1) is 7.02. The maximum atomic E-state index is 13.0. The molecule has 0 atom stereocenters. The van der Waals surface area contributed by atoms with Gasteiger partial charge in [0.25, 0.3) is 0 Å². The second-order valence-corrected chi connectivity index (χ2v) is 3.22. The zero-order chi connectivity index (χ0) is 11.4. The minimum absolute atomic E-state index is 0.0550. The predicted molar refractivity (Wildman–Crippen MR) is 57.9 cm³/mol. The molecule has 0 saturated heterocycles. The summed E-state index contributed by atoms with van der Waals surface area (Å²) >= 11 is 0. The lowest BCUT2D eigenvalue weighted by Crippen LogP contribution is -2.33. The number of primary amides is 1. The summed E-state index contributed by atoms with van der Waals surface area (Å²) in [5.41, 5.74) is 11.5. The molecule has 0 aliphatic heterocycles. The average Bonchev–Trinajstić information content (AvgIpc) is 2.12. The van der Waals surface area contributed by atoms with E-state index in [2.05, 4.69) is 0 Å². The highest BCUT2D eigenvalue weighted by atomic mass is 19.1. The molecule has 82 valence electrons. The van der Waals surface area contributed by atoms with Gasteiger partial charge in [-0.05, 0) is 25.1 Å². The van der Waals surface area contributed by atoms with E-state index in [0.29, 0.717) is 17.9 Å². The summed E-state index contributed by atoms with van der Waals surface area (Å²) in [5, 5.41) is 0. The van der Waals surface area contributed by atoms with Gasteiger partial charge < -0.3 is 16.4 Å². The van der Waals surface area contributed by atoms with Gasteiger partial charge in [-0.25, -0.2) is 4.39 Å². The Kier molecular flexibility index (Phi) is 3.49. The Morgan fingerprint density at radius 1 is 1.47 bits per heavy atom. The molecule has 15 heavy (non-hydrogen) atoms. The van der Waals surface area contributed by atoms with Crippen LogP contribution in [0.25, 0.3) is 0 Å². The number of rotatable bonds is 4. The van der Waals surface area contributed by atoms with Crippen molar-refractivity contribution in [1.29, 1.82) is 0 Å². The Hall–Kier alpha value is -1.78. The van der Waals surface area contributed by atoms with E-state index >= 15 is 0 Å². The molecule has 1 aromatic carbocycles. The van der Waals surface area contributed by atoms with E-state index in [9.17, 15) is 9.18 Å². The van der Waals surface area contributed by atoms with Crippen LogP contribution in [0.4, 0.5) is 15.8 Å². The quantitative estimate of drug-likeness (QED) is 0.721. The van der Waals surface area contributed by atoms with Gasteiger partial charge in [-0.3, -0.25) is 4.79 Å². The number of nitrogen functional groups attached to an aromatic ring is 1. The first-order valence-corrected chi connectivity index (χ1v) is 4.62. The molecule has 0 unspecified atom stereocenters. The molecule has 0 spiro atoms. The number of carbonyl (C=O) groups is 1. The van der Waals surface area contributed by atoms with Crippen LogP contribution < -0.4 is 16.4 Å². The van der Waals surface area contributed by atoms with Gasteiger partial charge in [0.05, 0.1) is 6.54 Å². The molecule has 0 heterocycles. The third kappa shape index (κ3) is 3.12. The lowest BCUT2D eigenvalue weighted by molar-refractivity contribution is -0.116. The summed E-state index contributed by atoms with van der Waals surface area (Å²) < 4.78 is 13.0. The van der Waals surface area contributed by atoms with Crippen molar-refractivity contribution >= 4 is 17.3 Å². The van der Waals surface area contributed by atoms with Crippen molar-refractivity contribution in [2.75, 3.05) is 23.7 Å². The van der Waals surface area contributed by atoms with Crippen LogP contribution in [0.2, 0.25) is 0 Å². The van der Waals surface area contributed by atoms with Crippen molar-refractivity contribution in [2.24, 2.45) is 5.73 Å². The van der Waals surface area contributed by atoms with Crippen LogP contribution in [0.15, 0.2) is 18.2 Å². The third-order valence-corrected chi connectivity index (χ3v) is 2.00. The van der Waals surface area contributed by atoms with E-state index in [4.69, 9.17) is 11.5 Å². The first-order valence-electron chi connectivity index (χ1n) is 4.62. The molecule has 4 nitrogen and oxygen atoms in total. The van der Waals surface area contributed by atoms with Crippen LogP contribution in [-0.2, 0) is 4.79 Å². The van der Waals surface area contributed by atoms with Crippen molar-refractivity contribution in [3.63, 3.8) is 0 Å². The second-order valence-electron chi connectivity index (χ2n) is 3.22. The monoisotopic (exact) mass is 211 g/mol. The summed E-state index contributed by atoms with van der Waals surface area (Å²) in [4.78, 5) is 12.4. The Bertz CT molecular complexity index is 347. The van der Waals surface area contributed by atoms with E-state index in [1.54, 1.807) is 11.0 Å².